The number of alkyl halides is 2. The lowest BCUT2D eigenvalue weighted by Gasteiger charge is -2.41. The molecule has 3 aliphatic heterocycles. The van der Waals surface area contributed by atoms with Crippen LogP contribution >= 0.6 is 41.6 Å². The Labute approximate surface area is 361 Å². The summed E-state index contributed by atoms with van der Waals surface area (Å²) < 4.78 is 58.2. The van der Waals surface area contributed by atoms with E-state index in [1.807, 2.05) is 41.5 Å². The Bertz CT molecular complexity index is 2130. The summed E-state index contributed by atoms with van der Waals surface area (Å²) in [6.07, 6.45) is 6.38. The smallest absolute Gasteiger partial charge is 0.359 e. The first kappa shape index (κ1) is 46.5. The minimum Gasteiger partial charge on any atom is -0.359 e. The molecule has 0 saturated carbocycles. The Morgan fingerprint density at radius 1 is 0.933 bits per heavy atom. The van der Waals surface area contributed by atoms with Crippen LogP contribution in [0.25, 0.3) is 10.1 Å². The molecule has 0 bridgehead atoms. The Kier molecular flexibility index (Phi) is 14.6. The Hall–Kier alpha value is -2.96. The number of nitrogens with one attached hydrogen (secondary N) is 1. The number of hydrogen-bond donors (Lipinski definition) is 5. The highest BCUT2D eigenvalue weighted by Crippen LogP contribution is 2.67. The first-order chi connectivity index (χ1) is 28.2. The van der Waals surface area contributed by atoms with Crippen LogP contribution < -0.4 is 5.32 Å². The third-order valence-electron chi connectivity index (χ3n) is 10.8. The molecular weight excluding hydrogens is 856 g/mol. The Morgan fingerprint density at radius 3 is 2.15 bits per heavy atom. The number of rotatable bonds is 14. The third kappa shape index (κ3) is 10.4. The van der Waals surface area contributed by atoms with E-state index in [-0.39, 0.29) is 63.5 Å². The van der Waals surface area contributed by atoms with E-state index in [1.54, 1.807) is 28.3 Å². The highest BCUT2D eigenvalue weighted by atomic mass is 32.1. The van der Waals surface area contributed by atoms with Crippen molar-refractivity contribution in [3.8, 4) is 0 Å². The van der Waals surface area contributed by atoms with Gasteiger partial charge in [0.15, 0.2) is 0 Å². The van der Waals surface area contributed by atoms with Gasteiger partial charge in [-0.2, -0.15) is 31.5 Å². The van der Waals surface area contributed by atoms with Crippen LogP contribution in [0.15, 0.2) is 42.7 Å². The summed E-state index contributed by atoms with van der Waals surface area (Å²) in [6, 6.07) is 5.31. The van der Waals surface area contributed by atoms with Crippen LogP contribution in [0.4, 0.5) is 8.78 Å². The second kappa shape index (κ2) is 18.8. The summed E-state index contributed by atoms with van der Waals surface area (Å²) in [5, 5.41) is 24.1. The predicted molar refractivity (Wildman–Crippen MR) is 237 cm³/mol. The zero-order valence-corrected chi connectivity index (χ0v) is 38.3. The molecule has 3 saturated heterocycles. The lowest BCUT2D eigenvalue weighted by molar-refractivity contribution is -0.148. The summed E-state index contributed by atoms with van der Waals surface area (Å²) in [4.78, 5) is 53.6. The number of benzene rings is 1. The molecule has 2 aromatic heterocycles. The molecule has 3 aliphatic rings. The first-order valence-electron chi connectivity index (χ1n) is 20.2. The molecule has 1 aromatic carbocycles. The molecule has 60 heavy (non-hydrogen) atoms. The third-order valence-corrected chi connectivity index (χ3v) is 16.7. The van der Waals surface area contributed by atoms with Crippen molar-refractivity contribution in [2.45, 2.75) is 103 Å². The normalized spacial score (nSPS) is 22.3. The number of thiophene rings is 1. The lowest BCUT2D eigenvalue weighted by Crippen LogP contribution is -2.58. The number of carbonyl (C=O) groups is 3. The molecule has 13 nitrogen and oxygen atoms in total. The molecule has 0 aliphatic carbocycles. The van der Waals surface area contributed by atoms with Crippen molar-refractivity contribution in [3.05, 3.63) is 59.0 Å². The van der Waals surface area contributed by atoms with Gasteiger partial charge in [0.05, 0.1) is 34.1 Å². The summed E-state index contributed by atoms with van der Waals surface area (Å²) in [6.45, 7) is 11.0. The van der Waals surface area contributed by atoms with Crippen molar-refractivity contribution in [2.24, 2.45) is 10.8 Å². The van der Waals surface area contributed by atoms with Gasteiger partial charge in [-0.15, -0.1) is 11.3 Å². The van der Waals surface area contributed by atoms with Crippen LogP contribution in [-0.4, -0.2) is 114 Å². The first-order valence-corrected chi connectivity index (χ1v) is 24.7. The van der Waals surface area contributed by atoms with Gasteiger partial charge in [-0.25, -0.2) is 9.97 Å². The quantitative estimate of drug-likeness (QED) is 0.0469. The van der Waals surface area contributed by atoms with E-state index in [0.29, 0.717) is 83.8 Å². The standard InChI is InChI=1S/C41H56F2N5O8PS3/c1-39(2,3)37(52)58-19-17-55-57(54,56-18-20-59-38(53)40(4,5)6)41(42,43)27-11-14-31-25(21-27)22-32(60-31)34(49)46-29-10-7-9-28-12-13-30(48(28)35(29)50)36(51)47-23-26(24-47)33-44-15-8-16-45-33/h8,11,14-16,21-22,26,28-30,52-53,58-59H,7,9-10,12-13,17-20,23-24H2,1-6H3,(H,46,49)/t28-,29-,30-/m0/s1. The average molecular weight is 912 g/mol. The van der Waals surface area contributed by atoms with Crippen LogP contribution in [-0.2, 0) is 28.9 Å². The fourth-order valence-corrected chi connectivity index (χ4v) is 11.8. The number of aliphatic hydroxyl groups is 2. The van der Waals surface area contributed by atoms with E-state index < -0.39 is 47.6 Å². The van der Waals surface area contributed by atoms with Gasteiger partial charge in [-0.1, -0.05) is 47.6 Å². The summed E-state index contributed by atoms with van der Waals surface area (Å²) in [5.41, 5.74) is -5.81. The second-order valence-electron chi connectivity index (χ2n) is 17.5. The largest absolute Gasteiger partial charge is 0.404 e. The molecule has 5 heterocycles. The molecule has 19 heteroatoms. The van der Waals surface area contributed by atoms with Gasteiger partial charge in [0.1, 0.15) is 17.9 Å². The maximum atomic E-state index is 16.4. The predicted octanol–water partition coefficient (Wildman–Crippen LogP) is 7.63. The van der Waals surface area contributed by atoms with Gasteiger partial charge >= 0.3 is 13.3 Å². The molecule has 0 radical (unpaired) electrons. The van der Waals surface area contributed by atoms with Crippen molar-refractivity contribution in [2.75, 3.05) is 37.8 Å². The summed E-state index contributed by atoms with van der Waals surface area (Å²) >= 11 is 1.94. The molecule has 3 amide bonds. The van der Waals surface area contributed by atoms with E-state index >= 15 is 8.78 Å². The number of fused-ring (bicyclic) bond motifs is 2. The minimum atomic E-state index is -5.19. The van der Waals surface area contributed by atoms with Crippen molar-refractivity contribution in [3.63, 3.8) is 0 Å². The zero-order chi connectivity index (χ0) is 43.6. The fourth-order valence-electron chi connectivity index (χ4n) is 7.32. The average Bonchev–Trinajstić information content (AvgIpc) is 3.77. The van der Waals surface area contributed by atoms with Gasteiger partial charge < -0.3 is 34.4 Å². The van der Waals surface area contributed by atoms with Crippen molar-refractivity contribution in [1.29, 1.82) is 0 Å². The van der Waals surface area contributed by atoms with Crippen LogP contribution in [0.2, 0.25) is 0 Å². The number of aromatic nitrogens is 2. The van der Waals surface area contributed by atoms with E-state index in [9.17, 15) is 29.2 Å². The Morgan fingerprint density at radius 2 is 1.55 bits per heavy atom. The molecule has 3 N–H and O–H groups in total. The van der Waals surface area contributed by atoms with E-state index in [2.05, 4.69) is 15.3 Å². The molecule has 0 spiro atoms. The number of aliphatic hydroxyl groups excluding tert-OH is 2. The number of hydrogen-bond acceptors (Lipinski definition) is 9. The van der Waals surface area contributed by atoms with Gasteiger partial charge in [0.2, 0.25) is 11.8 Å². The van der Waals surface area contributed by atoms with Gasteiger partial charge in [-0.05, 0) is 61.8 Å². The van der Waals surface area contributed by atoms with Crippen LogP contribution in [0, 0.1) is 10.8 Å². The monoisotopic (exact) mass is 911 g/mol. The highest BCUT2D eigenvalue weighted by molar-refractivity contribution is 7.98. The number of amides is 3. The number of halogens is 2. The summed E-state index contributed by atoms with van der Waals surface area (Å²) in [7, 11) is -5.19. The highest BCUT2D eigenvalue weighted by Gasteiger charge is 2.55. The topological polar surface area (TPSA) is 171 Å². The molecule has 330 valence electrons. The maximum absolute atomic E-state index is 16.4. The number of carbonyl (C=O) groups excluding carboxylic acids is 3. The maximum Gasteiger partial charge on any atom is 0.404 e. The molecule has 3 aromatic rings. The number of nitrogens with zero attached hydrogens (tertiary/aromatic N) is 4. The van der Waals surface area contributed by atoms with Crippen molar-refractivity contribution < 1.29 is 47.0 Å². The molecule has 0 unspecified atom stereocenters. The lowest BCUT2D eigenvalue weighted by atomic mass is 9.97. The van der Waals surface area contributed by atoms with Crippen LogP contribution in [0.5, 0.6) is 0 Å². The van der Waals surface area contributed by atoms with Gasteiger partial charge in [-0.3, -0.25) is 18.9 Å². The number of likely N-dealkylation sites (tertiary alicyclic amines) is 1. The minimum absolute atomic E-state index is 0.0420. The number of thiol groups is 2. The molecule has 6 rings (SSSR count). The zero-order valence-electron chi connectivity index (χ0n) is 34.8. The van der Waals surface area contributed by atoms with Crippen molar-refractivity contribution in [1.82, 2.24) is 25.1 Å². The Balaban J connectivity index is 1.15. The fraction of sp³-hybridized carbons (Fsp3) is 0.585. The van der Waals surface area contributed by atoms with Crippen molar-refractivity contribution >= 4 is 79.5 Å². The van der Waals surface area contributed by atoms with E-state index in [0.717, 1.165) is 23.5 Å². The van der Waals surface area contributed by atoms with Crippen LogP contribution in [0.1, 0.15) is 101 Å². The molecular formula is C41H56F2N5O8PS3. The van der Waals surface area contributed by atoms with E-state index in [4.69, 9.17) is 9.05 Å². The summed E-state index contributed by atoms with van der Waals surface area (Å²) in [5.74, 6) is -0.0504. The van der Waals surface area contributed by atoms with Gasteiger partial charge in [0, 0.05) is 64.1 Å². The van der Waals surface area contributed by atoms with E-state index in [1.165, 1.54) is 12.1 Å². The molecule has 3 fully saturated rings. The van der Waals surface area contributed by atoms with Crippen LogP contribution in [0.3, 0.4) is 0 Å². The molecule has 3 atom stereocenters. The van der Waals surface area contributed by atoms with Gasteiger partial charge in [0.25, 0.3) is 5.91 Å². The SMILES string of the molecule is CC(C)(C)C(O)=[SH]CCOP(=O)(OCC[SH]=C(O)C(C)(C)C)C(F)(F)c1ccc2sc(C(=O)N[C@H]3CCC[C@H]4CC[C@@H](C(=O)N5CC(c6ncccn6)C5)N4C3=O)cc2c1. The second-order valence-corrected chi connectivity index (χ2v) is 23.0.